The van der Waals surface area contributed by atoms with Crippen molar-refractivity contribution in [1.29, 1.82) is 0 Å². The Morgan fingerprint density at radius 2 is 2.16 bits per heavy atom. The normalized spacial score (nSPS) is 30.9. The summed E-state index contributed by atoms with van der Waals surface area (Å²) in [6.07, 6.45) is -2.88. The fourth-order valence-electron chi connectivity index (χ4n) is 1.85. The van der Waals surface area contributed by atoms with Gasteiger partial charge in [0.2, 0.25) is 11.6 Å². The Bertz CT molecular complexity index is 543. The number of aromatic nitrogens is 7. The van der Waals surface area contributed by atoms with Gasteiger partial charge in [0, 0.05) is 0 Å². The fraction of sp³-hybridized carbons (Fsp3) is 0.625. The second kappa shape index (κ2) is 4.62. The molecule has 3 heterocycles. The molecule has 3 rings (SSSR count). The minimum absolute atomic E-state index is 0.200. The topological polar surface area (TPSA) is 155 Å². The van der Waals surface area contributed by atoms with Crippen molar-refractivity contribution < 1.29 is 20.1 Å². The quantitative estimate of drug-likeness (QED) is 0.458. The molecular weight excluding hydrogens is 258 g/mol. The predicted octanol–water partition coefficient (Wildman–Crippen LogP) is -2.93. The molecule has 11 nitrogen and oxygen atoms in total. The van der Waals surface area contributed by atoms with Crippen LogP contribution in [0.25, 0.3) is 11.6 Å². The zero-order chi connectivity index (χ0) is 13.4. The molecule has 4 N–H and O–H groups in total. The van der Waals surface area contributed by atoms with E-state index in [1.54, 1.807) is 0 Å². The molecule has 0 bridgehead atoms. The first-order chi connectivity index (χ1) is 9.20. The van der Waals surface area contributed by atoms with E-state index < -0.39 is 31.1 Å². The number of aromatic amines is 1. The standard InChI is InChI=1S/C8H11N7O4/c16-1-3-4(17)5(18)8(19-3)15-2-9-6(12-15)7-10-13-14-11-7/h2-5,8,16-18H,1H2,(H,10,11,13,14). The fourth-order valence-corrected chi connectivity index (χ4v) is 1.85. The van der Waals surface area contributed by atoms with Gasteiger partial charge in [-0.15, -0.1) is 15.3 Å². The summed E-state index contributed by atoms with van der Waals surface area (Å²) in [6.45, 7) is -0.402. The number of tetrazole rings is 1. The smallest absolute Gasteiger partial charge is 0.243 e. The summed E-state index contributed by atoms with van der Waals surface area (Å²) in [7, 11) is 0. The Morgan fingerprint density at radius 3 is 2.79 bits per heavy atom. The molecule has 0 amide bonds. The third kappa shape index (κ3) is 1.98. The van der Waals surface area contributed by atoms with Crippen LogP contribution < -0.4 is 0 Å². The van der Waals surface area contributed by atoms with Crippen molar-refractivity contribution in [3.63, 3.8) is 0 Å². The first kappa shape index (κ1) is 12.1. The average molecular weight is 269 g/mol. The van der Waals surface area contributed by atoms with Gasteiger partial charge in [0.25, 0.3) is 0 Å². The van der Waals surface area contributed by atoms with Gasteiger partial charge in [0.15, 0.2) is 6.23 Å². The van der Waals surface area contributed by atoms with E-state index in [0.29, 0.717) is 0 Å². The molecule has 4 unspecified atom stereocenters. The van der Waals surface area contributed by atoms with Gasteiger partial charge in [-0.1, -0.05) is 0 Å². The maximum atomic E-state index is 9.83. The van der Waals surface area contributed by atoms with Crippen molar-refractivity contribution >= 4 is 0 Å². The number of aliphatic hydroxyl groups excluding tert-OH is 3. The maximum absolute atomic E-state index is 9.83. The van der Waals surface area contributed by atoms with Gasteiger partial charge in [0.1, 0.15) is 24.6 Å². The van der Waals surface area contributed by atoms with Crippen LogP contribution in [0.15, 0.2) is 6.33 Å². The van der Waals surface area contributed by atoms with Gasteiger partial charge < -0.3 is 20.1 Å². The summed E-state index contributed by atoms with van der Waals surface area (Å²) < 4.78 is 6.53. The number of hydrogen-bond donors (Lipinski definition) is 4. The van der Waals surface area contributed by atoms with Crippen molar-refractivity contribution in [3.05, 3.63) is 6.33 Å². The molecule has 2 aromatic rings. The lowest BCUT2D eigenvalue weighted by molar-refractivity contribution is -0.0587. The highest BCUT2D eigenvalue weighted by Crippen LogP contribution is 2.28. The molecule has 0 aromatic carbocycles. The number of rotatable bonds is 3. The summed E-state index contributed by atoms with van der Waals surface area (Å²) in [4.78, 5) is 3.95. The van der Waals surface area contributed by atoms with E-state index in [0.717, 1.165) is 0 Å². The van der Waals surface area contributed by atoms with Crippen molar-refractivity contribution in [3.8, 4) is 11.6 Å². The Morgan fingerprint density at radius 1 is 1.32 bits per heavy atom. The van der Waals surface area contributed by atoms with E-state index in [1.165, 1.54) is 11.0 Å². The molecule has 2 aromatic heterocycles. The minimum atomic E-state index is -1.21. The van der Waals surface area contributed by atoms with Crippen LogP contribution in [0.4, 0.5) is 0 Å². The van der Waals surface area contributed by atoms with E-state index in [9.17, 15) is 10.2 Å². The summed E-state index contributed by atoms with van der Waals surface area (Å²) in [6, 6.07) is 0. The van der Waals surface area contributed by atoms with Crippen molar-refractivity contribution in [1.82, 2.24) is 35.4 Å². The number of nitrogens with zero attached hydrogens (tertiary/aromatic N) is 6. The van der Waals surface area contributed by atoms with E-state index in [4.69, 9.17) is 9.84 Å². The summed E-state index contributed by atoms with van der Waals surface area (Å²) in [5, 5.41) is 45.6. The first-order valence-electron chi connectivity index (χ1n) is 5.48. The van der Waals surface area contributed by atoms with E-state index >= 15 is 0 Å². The third-order valence-electron chi connectivity index (χ3n) is 2.83. The van der Waals surface area contributed by atoms with Gasteiger partial charge in [-0.25, -0.2) is 9.67 Å². The number of hydrogen-bond acceptors (Lipinski definition) is 9. The number of H-pyrrole nitrogens is 1. The molecule has 4 atom stereocenters. The van der Waals surface area contributed by atoms with Crippen molar-refractivity contribution in [2.75, 3.05) is 6.61 Å². The SMILES string of the molecule is OCC1OC(n2cnc(-c3nn[nH]n3)n2)C(O)C1O. The molecular formula is C8H11N7O4. The van der Waals surface area contributed by atoms with E-state index in [1.807, 2.05) is 0 Å². The molecule has 0 radical (unpaired) electrons. The zero-order valence-corrected chi connectivity index (χ0v) is 9.53. The van der Waals surface area contributed by atoms with Crippen LogP contribution in [0.5, 0.6) is 0 Å². The Balaban J connectivity index is 1.84. The van der Waals surface area contributed by atoms with Gasteiger partial charge in [-0.05, 0) is 5.21 Å². The van der Waals surface area contributed by atoms with Gasteiger partial charge in [-0.3, -0.25) is 0 Å². The number of aliphatic hydroxyl groups is 3. The lowest BCUT2D eigenvalue weighted by Crippen LogP contribution is -2.33. The average Bonchev–Trinajstić information content (AvgIpc) is 3.12. The van der Waals surface area contributed by atoms with E-state index in [2.05, 4.69) is 30.7 Å². The van der Waals surface area contributed by atoms with Crippen LogP contribution in [0, 0.1) is 0 Å². The van der Waals surface area contributed by atoms with Crippen molar-refractivity contribution in [2.24, 2.45) is 0 Å². The Labute approximate surface area is 105 Å². The molecule has 0 aliphatic carbocycles. The molecule has 11 heteroatoms. The number of ether oxygens (including phenoxy) is 1. The van der Waals surface area contributed by atoms with Gasteiger partial charge in [0.05, 0.1) is 6.61 Å². The largest absolute Gasteiger partial charge is 0.394 e. The molecule has 19 heavy (non-hydrogen) atoms. The zero-order valence-electron chi connectivity index (χ0n) is 9.53. The maximum Gasteiger partial charge on any atom is 0.243 e. The monoisotopic (exact) mass is 269 g/mol. The number of nitrogens with one attached hydrogen (secondary N) is 1. The van der Waals surface area contributed by atoms with Crippen LogP contribution in [-0.2, 0) is 4.74 Å². The molecule has 1 saturated heterocycles. The predicted molar refractivity (Wildman–Crippen MR) is 56.2 cm³/mol. The molecule has 0 saturated carbocycles. The molecule has 1 aliphatic rings. The highest BCUT2D eigenvalue weighted by Gasteiger charge is 2.44. The Kier molecular flexibility index (Phi) is 2.94. The minimum Gasteiger partial charge on any atom is -0.394 e. The van der Waals surface area contributed by atoms with Crippen LogP contribution in [0.2, 0.25) is 0 Å². The molecule has 0 spiro atoms. The highest BCUT2D eigenvalue weighted by molar-refractivity contribution is 5.38. The van der Waals surface area contributed by atoms with Crippen LogP contribution >= 0.6 is 0 Å². The van der Waals surface area contributed by atoms with Crippen LogP contribution in [0.3, 0.4) is 0 Å². The molecule has 1 fully saturated rings. The lowest BCUT2D eigenvalue weighted by Gasteiger charge is -2.13. The highest BCUT2D eigenvalue weighted by atomic mass is 16.6. The second-order valence-electron chi connectivity index (χ2n) is 4.01. The van der Waals surface area contributed by atoms with Crippen LogP contribution in [0.1, 0.15) is 6.23 Å². The van der Waals surface area contributed by atoms with Crippen LogP contribution in [-0.4, -0.2) is 75.6 Å². The summed E-state index contributed by atoms with van der Waals surface area (Å²) in [5.41, 5.74) is 0. The van der Waals surface area contributed by atoms with Gasteiger partial charge in [-0.2, -0.15) is 5.21 Å². The summed E-state index contributed by atoms with van der Waals surface area (Å²) >= 11 is 0. The Hall–Kier alpha value is -1.95. The van der Waals surface area contributed by atoms with Gasteiger partial charge >= 0.3 is 0 Å². The first-order valence-corrected chi connectivity index (χ1v) is 5.48. The summed E-state index contributed by atoms with van der Waals surface area (Å²) in [5.74, 6) is 0.400. The third-order valence-corrected chi connectivity index (χ3v) is 2.83. The lowest BCUT2D eigenvalue weighted by atomic mass is 10.1. The molecule has 102 valence electrons. The second-order valence-corrected chi connectivity index (χ2v) is 4.01. The molecule has 1 aliphatic heterocycles. The van der Waals surface area contributed by atoms with Crippen molar-refractivity contribution in [2.45, 2.75) is 24.5 Å². The van der Waals surface area contributed by atoms with E-state index in [-0.39, 0.29) is 11.6 Å².